The van der Waals surface area contributed by atoms with Crippen LogP contribution in [0.2, 0.25) is 0 Å². The highest BCUT2D eigenvalue weighted by Crippen LogP contribution is 2.50. The van der Waals surface area contributed by atoms with Gasteiger partial charge in [0.2, 0.25) is 0 Å². The predicted octanol–water partition coefficient (Wildman–Crippen LogP) is 0.531. The molecule has 1 fully saturated rings. The fourth-order valence-electron chi connectivity index (χ4n) is 1.53. The van der Waals surface area contributed by atoms with Crippen LogP contribution >= 0.6 is 0 Å². The average Bonchev–Trinajstić information content (AvgIpc) is 2.17. The van der Waals surface area contributed by atoms with E-state index in [1.54, 1.807) is 0 Å². The molecule has 0 aromatic rings. The number of nitrogens with two attached hydrogens (primary N) is 1. The summed E-state index contributed by atoms with van der Waals surface area (Å²) in [4.78, 5) is 2.21. The SMILES string of the molecule is CN(C)C[C@@H]1[C@H](N)C1(C)C. The van der Waals surface area contributed by atoms with Gasteiger partial charge in [-0.05, 0) is 25.4 Å². The lowest BCUT2D eigenvalue weighted by Gasteiger charge is -2.09. The highest BCUT2D eigenvalue weighted by Gasteiger charge is 2.55. The molecular weight excluding hydrogens is 124 g/mol. The first-order valence-corrected chi connectivity index (χ1v) is 3.86. The molecule has 1 aliphatic carbocycles. The molecule has 0 aliphatic heterocycles. The Morgan fingerprint density at radius 1 is 1.40 bits per heavy atom. The van der Waals surface area contributed by atoms with E-state index in [1.807, 2.05) is 0 Å². The molecule has 2 heteroatoms. The van der Waals surface area contributed by atoms with E-state index in [0.29, 0.717) is 17.4 Å². The zero-order chi connectivity index (χ0) is 7.94. The summed E-state index contributed by atoms with van der Waals surface area (Å²) in [5, 5.41) is 0. The molecule has 1 saturated carbocycles. The van der Waals surface area contributed by atoms with Crippen LogP contribution in [0.1, 0.15) is 13.8 Å². The molecule has 1 rings (SSSR count). The normalized spacial score (nSPS) is 36.6. The van der Waals surface area contributed by atoms with Crippen molar-refractivity contribution in [2.75, 3.05) is 20.6 Å². The van der Waals surface area contributed by atoms with Gasteiger partial charge in [-0.2, -0.15) is 0 Å². The second-order valence-electron chi connectivity index (χ2n) is 4.22. The zero-order valence-corrected chi connectivity index (χ0v) is 7.39. The van der Waals surface area contributed by atoms with Gasteiger partial charge < -0.3 is 10.6 Å². The molecule has 0 aromatic carbocycles. The van der Waals surface area contributed by atoms with Crippen molar-refractivity contribution < 1.29 is 0 Å². The molecule has 0 radical (unpaired) electrons. The molecule has 0 aromatic heterocycles. The average molecular weight is 142 g/mol. The number of hydrogen-bond acceptors (Lipinski definition) is 2. The van der Waals surface area contributed by atoms with E-state index in [4.69, 9.17) is 5.73 Å². The van der Waals surface area contributed by atoms with E-state index < -0.39 is 0 Å². The third-order valence-corrected chi connectivity index (χ3v) is 2.70. The van der Waals surface area contributed by atoms with Crippen molar-refractivity contribution in [1.82, 2.24) is 4.90 Å². The lowest BCUT2D eigenvalue weighted by Crippen LogP contribution is -2.18. The van der Waals surface area contributed by atoms with Gasteiger partial charge in [-0.25, -0.2) is 0 Å². The molecule has 0 bridgehead atoms. The van der Waals surface area contributed by atoms with Gasteiger partial charge in [0, 0.05) is 12.6 Å². The second kappa shape index (κ2) is 2.21. The smallest absolute Gasteiger partial charge is 0.0140 e. The van der Waals surface area contributed by atoms with Crippen LogP contribution in [0.3, 0.4) is 0 Å². The van der Waals surface area contributed by atoms with Crippen LogP contribution in [-0.2, 0) is 0 Å². The Morgan fingerprint density at radius 2 is 1.80 bits per heavy atom. The van der Waals surface area contributed by atoms with Crippen LogP contribution in [-0.4, -0.2) is 31.6 Å². The summed E-state index contributed by atoms with van der Waals surface area (Å²) in [6, 6.07) is 0.426. The first kappa shape index (κ1) is 8.02. The van der Waals surface area contributed by atoms with Crippen molar-refractivity contribution in [3.05, 3.63) is 0 Å². The van der Waals surface area contributed by atoms with E-state index in [2.05, 4.69) is 32.8 Å². The van der Waals surface area contributed by atoms with Crippen LogP contribution in [0.5, 0.6) is 0 Å². The largest absolute Gasteiger partial charge is 0.327 e. The summed E-state index contributed by atoms with van der Waals surface area (Å²) in [6.07, 6.45) is 0. The van der Waals surface area contributed by atoms with Gasteiger partial charge in [-0.1, -0.05) is 13.8 Å². The maximum absolute atomic E-state index is 5.87. The standard InChI is InChI=1S/C8H18N2/c1-8(2)6(7(8)9)5-10(3)4/h6-7H,5,9H2,1-4H3/t6-,7+/m1/s1. The highest BCUT2D eigenvalue weighted by molar-refractivity contribution is 5.09. The Labute approximate surface area is 63.4 Å². The molecule has 2 atom stereocenters. The molecule has 2 nitrogen and oxygen atoms in total. The topological polar surface area (TPSA) is 29.3 Å². The molecule has 0 unspecified atom stereocenters. The third kappa shape index (κ3) is 1.18. The fraction of sp³-hybridized carbons (Fsp3) is 1.00. The van der Waals surface area contributed by atoms with E-state index in [0.717, 1.165) is 6.54 Å². The maximum Gasteiger partial charge on any atom is 0.0140 e. The summed E-state index contributed by atoms with van der Waals surface area (Å²) >= 11 is 0. The number of rotatable bonds is 2. The van der Waals surface area contributed by atoms with E-state index in [-0.39, 0.29) is 0 Å². The summed E-state index contributed by atoms with van der Waals surface area (Å²) < 4.78 is 0. The molecule has 60 valence electrons. The summed E-state index contributed by atoms with van der Waals surface area (Å²) in [5.74, 6) is 0.711. The van der Waals surface area contributed by atoms with Crippen molar-refractivity contribution in [2.24, 2.45) is 17.1 Å². The Kier molecular flexibility index (Phi) is 1.77. The fourth-order valence-corrected chi connectivity index (χ4v) is 1.53. The molecule has 0 amide bonds. The van der Waals surface area contributed by atoms with Crippen LogP contribution in [0, 0.1) is 11.3 Å². The molecule has 0 spiro atoms. The van der Waals surface area contributed by atoms with Gasteiger partial charge in [-0.3, -0.25) is 0 Å². The minimum atomic E-state index is 0.393. The molecule has 2 N–H and O–H groups in total. The molecule has 10 heavy (non-hydrogen) atoms. The first-order valence-electron chi connectivity index (χ1n) is 3.86. The summed E-state index contributed by atoms with van der Waals surface area (Å²) in [5.41, 5.74) is 6.26. The van der Waals surface area contributed by atoms with Crippen molar-refractivity contribution in [1.29, 1.82) is 0 Å². The van der Waals surface area contributed by atoms with Gasteiger partial charge in [0.25, 0.3) is 0 Å². The zero-order valence-electron chi connectivity index (χ0n) is 7.39. The number of hydrogen-bond donors (Lipinski definition) is 1. The Hall–Kier alpha value is -0.0800. The molecule has 0 saturated heterocycles. The molecule has 0 heterocycles. The lowest BCUT2D eigenvalue weighted by atomic mass is 10.1. The number of nitrogens with zero attached hydrogens (tertiary/aromatic N) is 1. The third-order valence-electron chi connectivity index (χ3n) is 2.70. The van der Waals surface area contributed by atoms with Gasteiger partial charge >= 0.3 is 0 Å². The monoisotopic (exact) mass is 142 g/mol. The van der Waals surface area contributed by atoms with Gasteiger partial charge in [0.05, 0.1) is 0 Å². The minimum absolute atomic E-state index is 0.393. The van der Waals surface area contributed by atoms with Crippen LogP contribution in [0.15, 0.2) is 0 Å². The van der Waals surface area contributed by atoms with Crippen LogP contribution < -0.4 is 5.73 Å². The van der Waals surface area contributed by atoms with Gasteiger partial charge in [0.1, 0.15) is 0 Å². The Bertz CT molecular complexity index is 129. The van der Waals surface area contributed by atoms with Gasteiger partial charge in [-0.15, -0.1) is 0 Å². The minimum Gasteiger partial charge on any atom is -0.327 e. The highest BCUT2D eigenvalue weighted by atomic mass is 15.1. The quantitative estimate of drug-likeness (QED) is 0.609. The van der Waals surface area contributed by atoms with Crippen molar-refractivity contribution in [3.8, 4) is 0 Å². The second-order valence-corrected chi connectivity index (χ2v) is 4.22. The summed E-state index contributed by atoms with van der Waals surface area (Å²) in [7, 11) is 4.20. The lowest BCUT2D eigenvalue weighted by molar-refractivity contribution is 0.359. The van der Waals surface area contributed by atoms with Crippen molar-refractivity contribution in [3.63, 3.8) is 0 Å². The van der Waals surface area contributed by atoms with Crippen LogP contribution in [0.25, 0.3) is 0 Å². The van der Waals surface area contributed by atoms with E-state index in [1.165, 1.54) is 0 Å². The molecule has 1 aliphatic rings. The van der Waals surface area contributed by atoms with Crippen molar-refractivity contribution >= 4 is 0 Å². The van der Waals surface area contributed by atoms with Crippen molar-refractivity contribution in [2.45, 2.75) is 19.9 Å². The Balaban J connectivity index is 2.35. The van der Waals surface area contributed by atoms with Crippen LogP contribution in [0.4, 0.5) is 0 Å². The molecular formula is C8H18N2. The predicted molar refractivity (Wildman–Crippen MR) is 43.8 cm³/mol. The van der Waals surface area contributed by atoms with E-state index >= 15 is 0 Å². The first-order chi connectivity index (χ1) is 4.46. The van der Waals surface area contributed by atoms with E-state index in [9.17, 15) is 0 Å². The maximum atomic E-state index is 5.87. The van der Waals surface area contributed by atoms with Gasteiger partial charge in [0.15, 0.2) is 0 Å². The summed E-state index contributed by atoms with van der Waals surface area (Å²) in [6.45, 7) is 5.62. The Morgan fingerprint density at radius 3 is 1.90 bits per heavy atom.